The quantitative estimate of drug-likeness (QED) is 0.415. The van der Waals surface area contributed by atoms with Crippen molar-refractivity contribution < 1.29 is 8.54 Å². The second kappa shape index (κ2) is 5.49. The molecule has 50 valence electrons. The van der Waals surface area contributed by atoms with Crippen LogP contribution in [0.2, 0.25) is 13.1 Å². The van der Waals surface area contributed by atoms with Crippen molar-refractivity contribution in [3.63, 3.8) is 0 Å². The summed E-state index contributed by atoms with van der Waals surface area (Å²) in [5.41, 5.74) is 0. The van der Waals surface area contributed by atoms with Crippen molar-refractivity contribution in [2.24, 2.45) is 0 Å². The predicted octanol–water partition coefficient (Wildman–Crippen LogP) is 0.0217. The van der Waals surface area contributed by atoms with Crippen molar-refractivity contribution >= 4 is 19.0 Å². The molecule has 0 N–H and O–H groups in total. The summed E-state index contributed by atoms with van der Waals surface area (Å²) in [6.07, 6.45) is 0. The summed E-state index contributed by atoms with van der Waals surface area (Å²) < 4.78 is 10.4. The van der Waals surface area contributed by atoms with Crippen LogP contribution < -0.4 is 0 Å². The van der Waals surface area contributed by atoms with Gasteiger partial charge in [-0.15, -0.1) is 0 Å². The van der Waals surface area contributed by atoms with Crippen molar-refractivity contribution in [1.82, 2.24) is 0 Å². The minimum Gasteiger partial charge on any atom is -0.443 e. The summed E-state index contributed by atoms with van der Waals surface area (Å²) in [7, 11) is -1.34. The number of hydrogen-bond donors (Lipinski definition) is 0. The molecule has 0 radical (unpaired) electrons. The van der Waals surface area contributed by atoms with E-state index in [1.54, 1.807) is 0 Å². The van der Waals surface area contributed by atoms with Crippen LogP contribution in [0.5, 0.6) is 0 Å². The monoisotopic (exact) mass is 150 g/mol. The van der Waals surface area contributed by atoms with E-state index in [0.29, 0.717) is 0 Å². The van der Waals surface area contributed by atoms with Crippen molar-refractivity contribution in [2.45, 2.75) is 20.0 Å². The first-order valence-electron chi connectivity index (χ1n) is 2.96. The van der Waals surface area contributed by atoms with Gasteiger partial charge < -0.3 is 8.54 Å². The third-order valence-corrected chi connectivity index (χ3v) is 4.47. The Hall–Kier alpha value is 0.354. The second-order valence-electron chi connectivity index (χ2n) is 1.83. The molecule has 0 amide bonds. The van der Waals surface area contributed by atoms with Gasteiger partial charge in [-0.1, -0.05) is 0 Å². The summed E-state index contributed by atoms with van der Waals surface area (Å²) in [6.45, 7) is 7.13. The molecule has 0 fully saturated rings. The molecule has 8 heavy (non-hydrogen) atoms. The lowest BCUT2D eigenvalue weighted by atomic mass is 10.9. The summed E-state index contributed by atoms with van der Waals surface area (Å²) >= 11 is 0. The zero-order valence-corrected chi connectivity index (χ0v) is 8.38. The Balaban J connectivity index is 2.72. The lowest BCUT2D eigenvalue weighted by molar-refractivity contribution is 0.310. The van der Waals surface area contributed by atoms with E-state index in [0.717, 1.165) is 6.61 Å². The van der Waals surface area contributed by atoms with E-state index in [9.17, 15) is 0 Å². The predicted molar refractivity (Wildman–Crippen MR) is 40.1 cm³/mol. The van der Waals surface area contributed by atoms with Crippen LogP contribution in [0, 0.1) is 0 Å². The average Bonchev–Trinajstić information content (AvgIpc) is 1.66. The maximum Gasteiger partial charge on any atom is 0.293 e. The highest BCUT2D eigenvalue weighted by Gasteiger charge is 1.92. The van der Waals surface area contributed by atoms with E-state index in [1.807, 2.05) is 6.92 Å². The molecule has 0 aromatic heterocycles. The highest BCUT2D eigenvalue weighted by atomic mass is 28.4. The topological polar surface area (TPSA) is 18.5 Å². The van der Waals surface area contributed by atoms with Gasteiger partial charge in [0.25, 0.3) is 10.0 Å². The van der Waals surface area contributed by atoms with Gasteiger partial charge in [-0.3, -0.25) is 0 Å². The van der Waals surface area contributed by atoms with Gasteiger partial charge in [-0.25, -0.2) is 0 Å². The number of hydrogen-bond acceptors (Lipinski definition) is 2. The zero-order valence-electron chi connectivity index (χ0n) is 5.81. The molecule has 0 saturated carbocycles. The van der Waals surface area contributed by atoms with Gasteiger partial charge in [-0.05, 0) is 20.0 Å². The van der Waals surface area contributed by atoms with E-state index in [1.165, 1.54) is 0 Å². The van der Waals surface area contributed by atoms with Gasteiger partial charge in [0.05, 0.1) is 0 Å². The molecule has 0 bridgehead atoms. The molecule has 0 aliphatic rings. The van der Waals surface area contributed by atoms with Crippen LogP contribution in [-0.2, 0) is 8.54 Å². The zero-order chi connectivity index (χ0) is 6.41. The van der Waals surface area contributed by atoms with Gasteiger partial charge in [0.2, 0.25) is 0 Å². The molecule has 0 aliphatic heterocycles. The first-order chi connectivity index (χ1) is 3.77. The first-order valence-corrected chi connectivity index (χ1v) is 6.90. The van der Waals surface area contributed by atoms with Crippen LogP contribution in [0.15, 0.2) is 0 Å². The molecular formula is C4H14O2Si2. The summed E-state index contributed by atoms with van der Waals surface area (Å²) in [4.78, 5) is 0. The van der Waals surface area contributed by atoms with E-state index in [2.05, 4.69) is 13.1 Å². The molecule has 0 spiro atoms. The molecule has 0 heterocycles. The number of rotatable bonds is 4. The Morgan fingerprint density at radius 2 is 2.12 bits per heavy atom. The Labute approximate surface area is 55.0 Å². The highest BCUT2D eigenvalue weighted by Crippen LogP contribution is 1.80. The molecule has 2 nitrogen and oxygen atoms in total. The fraction of sp³-hybridized carbons (Fsp3) is 1.00. The van der Waals surface area contributed by atoms with Gasteiger partial charge in [0.1, 0.15) is 0 Å². The standard InChI is InChI=1S/C4H14O2Si2/c1-4-5-7-6-8(2)3/h8H,4,7H2,1-3H3. The lowest BCUT2D eigenvalue weighted by Crippen LogP contribution is -2.13. The normalized spacial score (nSPS) is 12.0. The summed E-state index contributed by atoms with van der Waals surface area (Å²) in [6, 6.07) is 0. The summed E-state index contributed by atoms with van der Waals surface area (Å²) in [5, 5.41) is 0. The van der Waals surface area contributed by atoms with Crippen LogP contribution in [0.4, 0.5) is 0 Å². The minimum absolute atomic E-state index is 0.574. The van der Waals surface area contributed by atoms with Crippen molar-refractivity contribution in [1.29, 1.82) is 0 Å². The second-order valence-corrected chi connectivity index (χ2v) is 5.90. The van der Waals surface area contributed by atoms with Gasteiger partial charge in [0, 0.05) is 6.61 Å². The van der Waals surface area contributed by atoms with Crippen molar-refractivity contribution in [3.8, 4) is 0 Å². The maximum absolute atomic E-state index is 5.34. The molecule has 0 aliphatic carbocycles. The molecular weight excluding hydrogens is 136 g/mol. The largest absolute Gasteiger partial charge is 0.443 e. The molecule has 0 atom stereocenters. The van der Waals surface area contributed by atoms with E-state index < -0.39 is 19.0 Å². The SMILES string of the molecule is CCO[SiH2]O[SiH](C)C. The first kappa shape index (κ1) is 8.35. The fourth-order valence-electron chi connectivity index (χ4n) is 0.268. The Bertz CT molecular complexity index is 49.3. The smallest absolute Gasteiger partial charge is 0.293 e. The third kappa shape index (κ3) is 6.35. The van der Waals surface area contributed by atoms with Crippen molar-refractivity contribution in [3.05, 3.63) is 0 Å². The molecule has 0 saturated heterocycles. The molecule has 4 heteroatoms. The van der Waals surface area contributed by atoms with Gasteiger partial charge in [0.15, 0.2) is 9.04 Å². The van der Waals surface area contributed by atoms with Crippen LogP contribution in [0.3, 0.4) is 0 Å². The minimum atomic E-state index is -0.765. The van der Waals surface area contributed by atoms with Crippen LogP contribution >= 0.6 is 0 Å². The average molecular weight is 150 g/mol. The molecule has 0 aromatic carbocycles. The van der Waals surface area contributed by atoms with Crippen molar-refractivity contribution in [2.75, 3.05) is 6.61 Å². The lowest BCUT2D eigenvalue weighted by Gasteiger charge is -2.04. The molecule has 0 unspecified atom stereocenters. The fourth-order valence-corrected chi connectivity index (χ4v) is 1.91. The highest BCUT2D eigenvalue weighted by molar-refractivity contribution is 6.54. The van der Waals surface area contributed by atoms with Gasteiger partial charge in [-0.2, -0.15) is 0 Å². The van der Waals surface area contributed by atoms with E-state index in [4.69, 9.17) is 8.54 Å². The van der Waals surface area contributed by atoms with Crippen LogP contribution in [0.1, 0.15) is 6.92 Å². The third-order valence-electron chi connectivity index (χ3n) is 0.689. The van der Waals surface area contributed by atoms with E-state index >= 15 is 0 Å². The van der Waals surface area contributed by atoms with Gasteiger partial charge >= 0.3 is 0 Å². The maximum atomic E-state index is 5.34. The van der Waals surface area contributed by atoms with Crippen LogP contribution in [-0.4, -0.2) is 25.7 Å². The molecule has 0 rings (SSSR count). The Morgan fingerprint density at radius 3 is 2.50 bits per heavy atom. The Kier molecular flexibility index (Phi) is 5.73. The van der Waals surface area contributed by atoms with Crippen LogP contribution in [0.25, 0.3) is 0 Å². The van der Waals surface area contributed by atoms with E-state index in [-0.39, 0.29) is 0 Å². The Morgan fingerprint density at radius 1 is 1.50 bits per heavy atom. The molecule has 0 aromatic rings. The summed E-state index contributed by atoms with van der Waals surface area (Å²) in [5.74, 6) is 0.